The zero-order chi connectivity index (χ0) is 17.2. The number of carbonyl (C=O) groups is 1. The van der Waals surface area contributed by atoms with Gasteiger partial charge in [0.05, 0.1) is 23.1 Å². The predicted molar refractivity (Wildman–Crippen MR) is 92.4 cm³/mol. The lowest BCUT2D eigenvalue weighted by atomic mass is 9.79. The van der Waals surface area contributed by atoms with Crippen LogP contribution in [0.1, 0.15) is 30.1 Å². The number of hydrogen-bond acceptors (Lipinski definition) is 4. The van der Waals surface area contributed by atoms with Gasteiger partial charge >= 0.3 is 0 Å². The SMILES string of the molecule is CCS[C@@H]1CC[C@@]1(O)CNC(=O)c1cn[nH]c1-c1ccccc1F. The Morgan fingerprint density at radius 3 is 3.00 bits per heavy atom. The van der Waals surface area contributed by atoms with Crippen LogP contribution < -0.4 is 5.32 Å². The normalized spacial score (nSPS) is 22.9. The summed E-state index contributed by atoms with van der Waals surface area (Å²) in [4.78, 5) is 12.5. The Morgan fingerprint density at radius 2 is 2.33 bits per heavy atom. The van der Waals surface area contributed by atoms with Crippen LogP contribution in [0.2, 0.25) is 0 Å². The summed E-state index contributed by atoms with van der Waals surface area (Å²) in [6.07, 6.45) is 3.01. The van der Waals surface area contributed by atoms with Gasteiger partial charge in [0, 0.05) is 17.4 Å². The van der Waals surface area contributed by atoms with Crippen LogP contribution in [-0.2, 0) is 0 Å². The van der Waals surface area contributed by atoms with E-state index in [0.717, 1.165) is 12.2 Å². The molecule has 1 aliphatic carbocycles. The molecule has 7 heteroatoms. The number of halogens is 1. The first-order valence-corrected chi connectivity index (χ1v) is 9.00. The fourth-order valence-corrected chi connectivity index (χ4v) is 4.09. The zero-order valence-electron chi connectivity index (χ0n) is 13.4. The monoisotopic (exact) mass is 349 g/mol. The third kappa shape index (κ3) is 3.18. The van der Waals surface area contributed by atoms with Crippen LogP contribution in [0.4, 0.5) is 4.39 Å². The summed E-state index contributed by atoms with van der Waals surface area (Å²) in [6, 6.07) is 6.21. The molecule has 3 rings (SSSR count). The zero-order valence-corrected chi connectivity index (χ0v) is 14.2. The number of aromatic amines is 1. The van der Waals surface area contributed by atoms with E-state index in [2.05, 4.69) is 15.5 Å². The number of aromatic nitrogens is 2. The number of H-pyrrole nitrogens is 1. The van der Waals surface area contributed by atoms with Gasteiger partial charge in [-0.05, 0) is 30.7 Å². The highest BCUT2D eigenvalue weighted by Gasteiger charge is 2.45. The summed E-state index contributed by atoms with van der Waals surface area (Å²) in [5.74, 6) is 0.135. The largest absolute Gasteiger partial charge is 0.387 e. The molecule has 1 amide bonds. The molecule has 1 saturated carbocycles. The van der Waals surface area contributed by atoms with Gasteiger partial charge in [0.25, 0.3) is 5.91 Å². The van der Waals surface area contributed by atoms with Crippen LogP contribution in [0.15, 0.2) is 30.5 Å². The lowest BCUT2D eigenvalue weighted by Crippen LogP contribution is -2.57. The van der Waals surface area contributed by atoms with E-state index < -0.39 is 11.4 Å². The summed E-state index contributed by atoms with van der Waals surface area (Å²) in [5.41, 5.74) is 0.0356. The van der Waals surface area contributed by atoms with Crippen molar-refractivity contribution in [1.82, 2.24) is 15.5 Å². The highest BCUT2D eigenvalue weighted by molar-refractivity contribution is 8.00. The van der Waals surface area contributed by atoms with E-state index in [1.807, 2.05) is 6.92 Å². The molecule has 1 aromatic carbocycles. The van der Waals surface area contributed by atoms with E-state index in [0.29, 0.717) is 17.7 Å². The molecule has 1 fully saturated rings. The molecule has 1 heterocycles. The average molecular weight is 349 g/mol. The first-order chi connectivity index (χ1) is 11.5. The van der Waals surface area contributed by atoms with E-state index in [4.69, 9.17) is 0 Å². The fourth-order valence-electron chi connectivity index (χ4n) is 2.89. The van der Waals surface area contributed by atoms with Gasteiger partial charge in [0.15, 0.2) is 0 Å². The van der Waals surface area contributed by atoms with Gasteiger partial charge in [0.2, 0.25) is 0 Å². The molecule has 0 aliphatic heterocycles. The summed E-state index contributed by atoms with van der Waals surface area (Å²) in [5, 5.41) is 20.0. The smallest absolute Gasteiger partial charge is 0.255 e. The Hall–Kier alpha value is -1.86. The molecule has 0 saturated heterocycles. The summed E-state index contributed by atoms with van der Waals surface area (Å²) in [6.45, 7) is 2.24. The first-order valence-electron chi connectivity index (χ1n) is 7.95. The molecule has 128 valence electrons. The van der Waals surface area contributed by atoms with E-state index in [9.17, 15) is 14.3 Å². The molecule has 5 nitrogen and oxygen atoms in total. The number of benzene rings is 1. The maximum absolute atomic E-state index is 13.9. The maximum Gasteiger partial charge on any atom is 0.255 e. The molecule has 1 aliphatic rings. The Labute approximate surface area is 144 Å². The van der Waals surface area contributed by atoms with Crippen molar-refractivity contribution in [2.24, 2.45) is 0 Å². The van der Waals surface area contributed by atoms with E-state index in [-0.39, 0.29) is 23.3 Å². The predicted octanol–water partition coefficient (Wildman–Crippen LogP) is 2.59. The molecule has 24 heavy (non-hydrogen) atoms. The molecule has 3 N–H and O–H groups in total. The molecular formula is C17H20FN3O2S. The standard InChI is InChI=1S/C17H20FN3O2S/c1-2-24-14-7-8-17(14,23)10-19-16(22)12-9-20-21-15(12)11-5-3-4-6-13(11)18/h3-6,9,14,23H,2,7-8,10H2,1H3,(H,19,22)(H,20,21)/t14-,17-/m1/s1. The van der Waals surface area contributed by atoms with Crippen molar-refractivity contribution >= 4 is 17.7 Å². The number of aliphatic hydroxyl groups is 1. The van der Waals surface area contributed by atoms with E-state index >= 15 is 0 Å². The van der Waals surface area contributed by atoms with Crippen molar-refractivity contribution in [3.05, 3.63) is 41.8 Å². The number of hydrogen-bond donors (Lipinski definition) is 3. The van der Waals surface area contributed by atoms with Crippen molar-refractivity contribution in [3.8, 4) is 11.3 Å². The number of nitrogens with zero attached hydrogens (tertiary/aromatic N) is 1. The van der Waals surface area contributed by atoms with Gasteiger partial charge in [-0.1, -0.05) is 19.1 Å². The highest BCUT2D eigenvalue weighted by Crippen LogP contribution is 2.40. The number of carbonyl (C=O) groups excluding carboxylic acids is 1. The minimum absolute atomic E-state index is 0.151. The van der Waals surface area contributed by atoms with Gasteiger partial charge in [0.1, 0.15) is 5.82 Å². The Bertz CT molecular complexity index is 736. The van der Waals surface area contributed by atoms with Crippen LogP contribution in [0.25, 0.3) is 11.3 Å². The van der Waals surface area contributed by atoms with Crippen LogP contribution in [0, 0.1) is 5.82 Å². The van der Waals surface area contributed by atoms with Gasteiger partial charge in [-0.25, -0.2) is 4.39 Å². The number of amides is 1. The number of rotatable bonds is 6. The summed E-state index contributed by atoms with van der Waals surface area (Å²) >= 11 is 1.71. The number of nitrogens with one attached hydrogen (secondary N) is 2. The van der Waals surface area contributed by atoms with Crippen molar-refractivity contribution < 1.29 is 14.3 Å². The maximum atomic E-state index is 13.9. The molecule has 2 atom stereocenters. The summed E-state index contributed by atoms with van der Waals surface area (Å²) in [7, 11) is 0. The van der Waals surface area contributed by atoms with Crippen molar-refractivity contribution in [2.75, 3.05) is 12.3 Å². The van der Waals surface area contributed by atoms with Gasteiger partial charge in [-0.3, -0.25) is 9.89 Å². The van der Waals surface area contributed by atoms with Crippen molar-refractivity contribution in [1.29, 1.82) is 0 Å². The third-order valence-corrected chi connectivity index (χ3v) is 5.80. The molecule has 2 aromatic rings. The van der Waals surface area contributed by atoms with Crippen LogP contribution in [0.5, 0.6) is 0 Å². The summed E-state index contributed by atoms with van der Waals surface area (Å²) < 4.78 is 13.9. The van der Waals surface area contributed by atoms with Crippen LogP contribution >= 0.6 is 11.8 Å². The topological polar surface area (TPSA) is 78.0 Å². The highest BCUT2D eigenvalue weighted by atomic mass is 32.2. The number of thioether (sulfide) groups is 1. The molecule has 0 radical (unpaired) electrons. The minimum atomic E-state index is -0.863. The lowest BCUT2D eigenvalue weighted by molar-refractivity contribution is -0.0221. The van der Waals surface area contributed by atoms with Crippen molar-refractivity contribution in [3.63, 3.8) is 0 Å². The van der Waals surface area contributed by atoms with Crippen LogP contribution in [0.3, 0.4) is 0 Å². The molecule has 1 aromatic heterocycles. The van der Waals surface area contributed by atoms with Crippen molar-refractivity contribution in [2.45, 2.75) is 30.6 Å². The Balaban J connectivity index is 1.71. The van der Waals surface area contributed by atoms with Gasteiger partial charge in [-0.15, -0.1) is 0 Å². The molecule has 0 bridgehead atoms. The molecule has 0 spiro atoms. The average Bonchev–Trinajstić information content (AvgIpc) is 3.06. The second-order valence-corrected chi connectivity index (χ2v) is 7.39. The first kappa shape index (κ1) is 17.0. The Kier molecular flexibility index (Phi) is 4.91. The van der Waals surface area contributed by atoms with E-state index in [1.54, 1.807) is 30.0 Å². The lowest BCUT2D eigenvalue weighted by Gasteiger charge is -2.45. The van der Waals surface area contributed by atoms with Crippen LogP contribution in [-0.4, -0.2) is 44.4 Å². The Morgan fingerprint density at radius 1 is 1.54 bits per heavy atom. The quantitative estimate of drug-likeness (QED) is 0.749. The molecular weight excluding hydrogens is 329 g/mol. The van der Waals surface area contributed by atoms with E-state index in [1.165, 1.54) is 12.3 Å². The minimum Gasteiger partial charge on any atom is -0.387 e. The fraction of sp³-hybridized carbons (Fsp3) is 0.412. The van der Waals surface area contributed by atoms with Gasteiger partial charge < -0.3 is 10.4 Å². The molecule has 0 unspecified atom stereocenters. The second kappa shape index (κ2) is 6.94. The van der Waals surface area contributed by atoms with Gasteiger partial charge in [-0.2, -0.15) is 16.9 Å². The third-order valence-electron chi connectivity index (χ3n) is 4.39. The second-order valence-electron chi connectivity index (χ2n) is 5.91.